The molecule has 13 saturated carbocycles. The van der Waals surface area contributed by atoms with Crippen LogP contribution in [0.2, 0.25) is 0 Å². The summed E-state index contributed by atoms with van der Waals surface area (Å²) in [5, 5.41) is 0. The Hall–Kier alpha value is -3.92. The van der Waals surface area contributed by atoms with Crippen molar-refractivity contribution >= 4 is 24.1 Å². The van der Waals surface area contributed by atoms with E-state index in [4.69, 9.17) is 9.47 Å². The fraction of sp³-hybridized carbons (Fsp3) is 0.631. The van der Waals surface area contributed by atoms with E-state index in [1.54, 1.807) is 12.8 Å². The Balaban J connectivity index is 0.748. The predicted octanol–water partition coefficient (Wildman–Crippen LogP) is 12.0. The Kier molecular flexibility index (Phi) is 7.09. The molecule has 0 saturated heterocycles. The number of hydrogen-bond donors (Lipinski definition) is 0. The van der Waals surface area contributed by atoms with Crippen molar-refractivity contribution in [2.24, 2.45) is 183 Å². The normalized spacial score (nSPS) is 55.8. The van der Waals surface area contributed by atoms with Gasteiger partial charge in [-0.2, -0.15) is 0 Å². The molecule has 2 aromatic rings. The maximum absolute atomic E-state index is 14.2. The largest absolute Gasteiger partial charge is 0.461 e. The van der Waals surface area contributed by atoms with Crippen LogP contribution in [0.4, 0.5) is 0 Å². The Morgan fingerprint density at radius 1 is 0.449 bits per heavy atom. The Bertz CT molecular complexity index is 2740. The second-order valence-electron chi connectivity index (χ2n) is 27.6. The molecular formula is C65H68O4. The van der Waals surface area contributed by atoms with Crippen molar-refractivity contribution in [3.8, 4) is 0 Å². The third kappa shape index (κ3) is 4.15. The van der Waals surface area contributed by atoms with E-state index in [1.165, 1.54) is 12.8 Å². The number of carbonyl (C=O) groups excluding carboxylic acids is 2. The number of ether oxygens (including phenoxy) is 2. The second-order valence-corrected chi connectivity index (χ2v) is 27.6. The summed E-state index contributed by atoms with van der Waals surface area (Å²) in [6.07, 6.45) is 24.1. The van der Waals surface area contributed by atoms with Gasteiger partial charge in [0.25, 0.3) is 0 Å². The van der Waals surface area contributed by atoms with Crippen molar-refractivity contribution in [2.45, 2.75) is 64.6 Å². The predicted molar refractivity (Wildman–Crippen MR) is 262 cm³/mol. The molecular weight excluding hydrogens is 845 g/mol. The van der Waals surface area contributed by atoms with Gasteiger partial charge in [-0.05, 0) is 244 Å². The van der Waals surface area contributed by atoms with E-state index >= 15 is 0 Å². The summed E-state index contributed by atoms with van der Waals surface area (Å²) >= 11 is 0. The second kappa shape index (κ2) is 12.6. The Labute approximate surface area is 408 Å². The molecule has 0 aromatic heterocycles. The lowest BCUT2D eigenvalue weighted by atomic mass is 9.43. The summed E-state index contributed by atoms with van der Waals surface area (Å²) in [5.41, 5.74) is 8.59. The highest BCUT2D eigenvalue weighted by molar-refractivity contribution is 5.71. The topological polar surface area (TPSA) is 52.6 Å². The first-order valence-electron chi connectivity index (χ1n) is 28.8. The molecule has 4 nitrogen and oxygen atoms in total. The molecule has 0 spiro atoms. The summed E-state index contributed by atoms with van der Waals surface area (Å²) in [6.45, 7) is 8.47. The van der Waals surface area contributed by atoms with Gasteiger partial charge in [-0.15, -0.1) is 0 Å². The van der Waals surface area contributed by atoms with Crippen molar-refractivity contribution in [3.63, 3.8) is 0 Å². The Morgan fingerprint density at radius 2 is 0.870 bits per heavy atom. The average molecular weight is 913 g/mol. The zero-order valence-corrected chi connectivity index (χ0v) is 40.0. The minimum absolute atomic E-state index is 0.0113. The molecule has 17 aliphatic carbocycles. The van der Waals surface area contributed by atoms with Crippen LogP contribution in [0.1, 0.15) is 73.6 Å². The van der Waals surface area contributed by atoms with Crippen LogP contribution in [0.15, 0.2) is 97.1 Å². The van der Waals surface area contributed by atoms with E-state index in [0.717, 1.165) is 183 Å². The lowest BCUT2D eigenvalue weighted by molar-refractivity contribution is -0.147. The average Bonchev–Trinajstić information content (AvgIpc) is 4.02. The van der Waals surface area contributed by atoms with Gasteiger partial charge in [0.2, 0.25) is 0 Å². The van der Waals surface area contributed by atoms with Crippen LogP contribution in [-0.4, -0.2) is 11.9 Å². The first-order chi connectivity index (χ1) is 34.0. The highest BCUT2D eigenvalue weighted by Crippen LogP contribution is 2.94. The number of allylic oxidation sites excluding steroid dienone is 6. The van der Waals surface area contributed by atoms with Gasteiger partial charge in [-0.3, -0.25) is 9.59 Å². The van der Waals surface area contributed by atoms with E-state index < -0.39 is 0 Å². The smallest absolute Gasteiger partial charge is 0.306 e. The fourth-order valence-corrected chi connectivity index (χ4v) is 27.5. The molecule has 352 valence electrons. The number of benzene rings is 2. The van der Waals surface area contributed by atoms with Crippen molar-refractivity contribution < 1.29 is 19.1 Å². The number of hydrogen-bond acceptors (Lipinski definition) is 4. The van der Waals surface area contributed by atoms with Gasteiger partial charge in [-0.1, -0.05) is 109 Å². The van der Waals surface area contributed by atoms with Gasteiger partial charge in [0.05, 0.1) is 0 Å². The van der Waals surface area contributed by atoms with Gasteiger partial charge < -0.3 is 9.47 Å². The van der Waals surface area contributed by atoms with Crippen molar-refractivity contribution in [2.75, 3.05) is 0 Å². The van der Waals surface area contributed by atoms with Gasteiger partial charge in [0.1, 0.15) is 13.2 Å². The van der Waals surface area contributed by atoms with Crippen molar-refractivity contribution in [1.82, 2.24) is 0 Å². The third-order valence-corrected chi connectivity index (χ3v) is 27.5. The minimum atomic E-state index is -0.0626. The molecule has 30 unspecified atom stereocenters. The quantitative estimate of drug-likeness (QED) is 0.157. The van der Waals surface area contributed by atoms with Crippen LogP contribution in [-0.2, 0) is 32.3 Å². The first-order valence-corrected chi connectivity index (χ1v) is 28.8. The van der Waals surface area contributed by atoms with E-state index in [0.29, 0.717) is 55.6 Å². The molecule has 0 aliphatic heterocycles. The molecule has 0 N–H and O–H groups in total. The van der Waals surface area contributed by atoms with E-state index in [-0.39, 0.29) is 17.4 Å². The zero-order valence-electron chi connectivity index (χ0n) is 40.0. The summed E-state index contributed by atoms with van der Waals surface area (Å²) in [5.74, 6) is 26.2. The third-order valence-electron chi connectivity index (χ3n) is 27.5. The Morgan fingerprint density at radius 3 is 1.48 bits per heavy atom. The summed E-state index contributed by atoms with van der Waals surface area (Å²) in [4.78, 5) is 28.4. The minimum Gasteiger partial charge on any atom is -0.461 e. The first kappa shape index (κ1) is 38.7. The van der Waals surface area contributed by atoms with Crippen LogP contribution in [0.5, 0.6) is 0 Å². The van der Waals surface area contributed by atoms with Crippen molar-refractivity contribution in [1.29, 1.82) is 0 Å². The molecule has 17 aliphatic rings. The maximum atomic E-state index is 14.2. The summed E-state index contributed by atoms with van der Waals surface area (Å²) < 4.78 is 12.3. The lowest BCUT2D eigenvalue weighted by Crippen LogP contribution is -2.58. The molecule has 0 bridgehead atoms. The fourth-order valence-electron chi connectivity index (χ4n) is 27.5. The zero-order chi connectivity index (χ0) is 44.8. The van der Waals surface area contributed by atoms with Crippen LogP contribution in [0, 0.1) is 183 Å². The molecule has 19 rings (SSSR count). The van der Waals surface area contributed by atoms with E-state index in [1.807, 2.05) is 12.2 Å². The van der Waals surface area contributed by atoms with E-state index in [2.05, 4.69) is 97.1 Å². The molecule has 0 heterocycles. The molecule has 30 atom stereocenters. The van der Waals surface area contributed by atoms with Crippen molar-refractivity contribution in [3.05, 3.63) is 119 Å². The van der Waals surface area contributed by atoms with Crippen LogP contribution >= 0.6 is 0 Å². The van der Waals surface area contributed by atoms with Gasteiger partial charge in [0.15, 0.2) is 0 Å². The summed E-state index contributed by atoms with van der Waals surface area (Å²) in [7, 11) is 0. The molecule has 0 radical (unpaired) electrons. The number of carbonyl (C=O) groups is 2. The van der Waals surface area contributed by atoms with Crippen LogP contribution in [0.25, 0.3) is 12.2 Å². The van der Waals surface area contributed by atoms with Gasteiger partial charge >= 0.3 is 11.9 Å². The number of rotatable bonds is 12. The SMILES string of the molecule is C=Cc1ccc(COC(=O)CCC2(CCC(=O)OCc3ccc(C=C)cc3)C3C4C5C=CC6C7C=CC8C9CCC%10C%11CCC%12C%13C%11C%11C%10C9C9C%10C%14=C(C7C89)C6C5C5C%14C(C%10%11)C%13C(C54)C%12C32)cc1. The maximum Gasteiger partial charge on any atom is 0.306 e. The van der Waals surface area contributed by atoms with Crippen LogP contribution < -0.4 is 0 Å². The number of esters is 2. The molecule has 4 heteroatoms. The van der Waals surface area contributed by atoms with Gasteiger partial charge in [-0.25, -0.2) is 0 Å². The molecule has 13 fully saturated rings. The van der Waals surface area contributed by atoms with E-state index in [9.17, 15) is 9.59 Å². The molecule has 2 aromatic carbocycles. The number of fused-ring (bicyclic) bond motifs is 8. The highest BCUT2D eigenvalue weighted by Gasteiger charge is 2.90. The molecule has 0 amide bonds. The summed E-state index contributed by atoms with van der Waals surface area (Å²) in [6, 6.07) is 16.5. The van der Waals surface area contributed by atoms with Gasteiger partial charge in [0, 0.05) is 12.8 Å². The standard InChI is InChI=1S/C65H68O4/c1-3-27-5-9-29(10-6-27)25-68-39(66)21-23-65(24-22-40(67)69-26-30-11-7-28(4-2)8-12-30)63-49-37-19-17-35-33-15-13-31-32-14-16-34-36-18-20-38-48-46(36)53-44(34)42(32)51-41(31)43(33)52-45(35)47(37)54-56(49)57(50(38)64(63)65)55(48)62-60(53)58(51)59(52)61(54)62/h3-13,15,17,19,31-38,41-51,53-58,60-64H,1-2,14,16,18,20-26H2. The molecule has 69 heavy (non-hydrogen) atoms. The lowest BCUT2D eigenvalue weighted by Gasteiger charge is -2.61. The highest BCUT2D eigenvalue weighted by atomic mass is 16.5. The van der Waals surface area contributed by atoms with Crippen LogP contribution in [0.3, 0.4) is 0 Å². The monoisotopic (exact) mass is 913 g/mol.